The van der Waals surface area contributed by atoms with Gasteiger partial charge in [0.2, 0.25) is 5.91 Å². The van der Waals surface area contributed by atoms with Crippen LogP contribution in [-0.2, 0) is 24.2 Å². The maximum absolute atomic E-state index is 12.5. The van der Waals surface area contributed by atoms with E-state index in [4.69, 9.17) is 0 Å². The van der Waals surface area contributed by atoms with E-state index in [1.165, 1.54) is 5.56 Å². The van der Waals surface area contributed by atoms with E-state index in [9.17, 15) is 4.79 Å². The topological polar surface area (TPSA) is 74.8 Å². The largest absolute Gasteiger partial charge is 0.338 e. The summed E-state index contributed by atoms with van der Waals surface area (Å²) in [5.41, 5.74) is 4.31. The number of carbonyl (C=O) groups excluding carboxylic acids is 1. The third kappa shape index (κ3) is 2.67. The minimum Gasteiger partial charge on any atom is -0.338 e. The van der Waals surface area contributed by atoms with E-state index in [2.05, 4.69) is 20.2 Å². The average molecular weight is 307 g/mol. The summed E-state index contributed by atoms with van der Waals surface area (Å²) in [6.07, 6.45) is 9.34. The molecule has 4 rings (SSSR count). The van der Waals surface area contributed by atoms with Gasteiger partial charge in [-0.25, -0.2) is 4.98 Å². The summed E-state index contributed by atoms with van der Waals surface area (Å²) in [4.78, 5) is 22.8. The average Bonchev–Trinajstić information content (AvgIpc) is 3.09. The van der Waals surface area contributed by atoms with Gasteiger partial charge in [0.15, 0.2) is 5.65 Å². The van der Waals surface area contributed by atoms with Gasteiger partial charge in [0.05, 0.1) is 6.20 Å². The van der Waals surface area contributed by atoms with Gasteiger partial charge in [0.1, 0.15) is 0 Å². The summed E-state index contributed by atoms with van der Waals surface area (Å²) in [7, 11) is 0. The number of nitrogens with one attached hydrogen (secondary N) is 1. The standard InChI is InChI=1S/C17H17N5O/c23-16(4-3-12-2-1-6-18-8-12)22-7-5-14-13(11-22)9-19-17-15(14)10-20-21-17/h1-2,6,8-10H,3-5,7,11H2,(H,19,20,21). The smallest absolute Gasteiger partial charge is 0.223 e. The minimum absolute atomic E-state index is 0.187. The molecular weight excluding hydrogens is 290 g/mol. The molecule has 4 heterocycles. The van der Waals surface area contributed by atoms with Gasteiger partial charge in [-0.05, 0) is 35.6 Å². The van der Waals surface area contributed by atoms with Crippen molar-refractivity contribution in [1.29, 1.82) is 0 Å². The Bertz CT molecular complexity index is 843. The number of hydrogen-bond acceptors (Lipinski definition) is 4. The summed E-state index contributed by atoms with van der Waals surface area (Å²) in [6.45, 7) is 1.39. The Morgan fingerprint density at radius 1 is 1.30 bits per heavy atom. The second-order valence-electron chi connectivity index (χ2n) is 5.82. The number of amides is 1. The third-order valence-electron chi connectivity index (χ3n) is 4.38. The number of H-pyrrole nitrogens is 1. The van der Waals surface area contributed by atoms with E-state index in [0.29, 0.717) is 13.0 Å². The van der Waals surface area contributed by atoms with Crippen molar-refractivity contribution in [3.05, 3.63) is 53.6 Å². The predicted octanol–water partition coefficient (Wildman–Crippen LogP) is 1.87. The van der Waals surface area contributed by atoms with Crippen LogP contribution in [-0.4, -0.2) is 37.5 Å². The molecule has 1 N–H and O–H groups in total. The number of carbonyl (C=O) groups is 1. The van der Waals surface area contributed by atoms with Crippen LogP contribution in [0.3, 0.4) is 0 Å². The molecule has 6 nitrogen and oxygen atoms in total. The van der Waals surface area contributed by atoms with Crippen LogP contribution < -0.4 is 0 Å². The number of hydrogen-bond donors (Lipinski definition) is 1. The fourth-order valence-electron chi connectivity index (χ4n) is 3.12. The first kappa shape index (κ1) is 13.9. The number of rotatable bonds is 3. The summed E-state index contributed by atoms with van der Waals surface area (Å²) in [5, 5.41) is 8.02. The lowest BCUT2D eigenvalue weighted by Gasteiger charge is -2.29. The van der Waals surface area contributed by atoms with E-state index < -0.39 is 0 Å². The zero-order valence-corrected chi connectivity index (χ0v) is 12.7. The van der Waals surface area contributed by atoms with Crippen molar-refractivity contribution in [2.24, 2.45) is 0 Å². The van der Waals surface area contributed by atoms with Crippen molar-refractivity contribution in [3.8, 4) is 0 Å². The fraction of sp³-hybridized carbons (Fsp3) is 0.294. The molecule has 0 fully saturated rings. The van der Waals surface area contributed by atoms with Gasteiger partial charge in [-0.15, -0.1) is 0 Å². The van der Waals surface area contributed by atoms with Crippen LogP contribution in [0.1, 0.15) is 23.1 Å². The highest BCUT2D eigenvalue weighted by molar-refractivity contribution is 5.81. The van der Waals surface area contributed by atoms with Gasteiger partial charge in [0, 0.05) is 43.5 Å². The van der Waals surface area contributed by atoms with Gasteiger partial charge in [-0.1, -0.05) is 6.07 Å². The highest BCUT2D eigenvalue weighted by atomic mass is 16.2. The van der Waals surface area contributed by atoms with Crippen molar-refractivity contribution in [3.63, 3.8) is 0 Å². The van der Waals surface area contributed by atoms with Gasteiger partial charge in [-0.3, -0.25) is 14.9 Å². The highest BCUT2D eigenvalue weighted by Crippen LogP contribution is 2.25. The normalized spacial score (nSPS) is 14.0. The van der Waals surface area contributed by atoms with E-state index >= 15 is 0 Å². The summed E-state index contributed by atoms with van der Waals surface area (Å²) in [5.74, 6) is 0.187. The summed E-state index contributed by atoms with van der Waals surface area (Å²) >= 11 is 0. The lowest BCUT2D eigenvalue weighted by molar-refractivity contribution is -0.132. The molecule has 116 valence electrons. The molecule has 0 spiro atoms. The maximum Gasteiger partial charge on any atom is 0.223 e. The first-order valence-corrected chi connectivity index (χ1v) is 7.78. The van der Waals surface area contributed by atoms with E-state index in [0.717, 1.165) is 41.5 Å². The second-order valence-corrected chi connectivity index (χ2v) is 5.82. The molecule has 0 saturated heterocycles. The van der Waals surface area contributed by atoms with Crippen LogP contribution in [0.5, 0.6) is 0 Å². The molecule has 0 atom stereocenters. The molecule has 3 aromatic rings. The van der Waals surface area contributed by atoms with Crippen LogP contribution in [0, 0.1) is 0 Å². The summed E-state index contributed by atoms with van der Waals surface area (Å²) < 4.78 is 0. The molecule has 0 saturated carbocycles. The Labute approximate surface area is 133 Å². The zero-order valence-electron chi connectivity index (χ0n) is 12.7. The molecule has 3 aromatic heterocycles. The zero-order chi connectivity index (χ0) is 15.6. The minimum atomic E-state index is 0.187. The number of pyridine rings is 2. The van der Waals surface area contributed by atoms with Crippen LogP contribution in [0.4, 0.5) is 0 Å². The Kier molecular flexibility index (Phi) is 3.49. The number of aryl methyl sites for hydroxylation is 1. The quantitative estimate of drug-likeness (QED) is 0.801. The molecule has 1 aliphatic rings. The van der Waals surface area contributed by atoms with Crippen LogP contribution >= 0.6 is 0 Å². The highest BCUT2D eigenvalue weighted by Gasteiger charge is 2.22. The number of aromatic nitrogens is 4. The molecule has 1 aliphatic heterocycles. The van der Waals surface area contributed by atoms with E-state index in [-0.39, 0.29) is 5.91 Å². The Hall–Kier alpha value is -2.76. The molecule has 6 heteroatoms. The molecule has 0 aliphatic carbocycles. The van der Waals surface area contributed by atoms with Gasteiger partial charge in [-0.2, -0.15) is 5.10 Å². The lowest BCUT2D eigenvalue weighted by atomic mass is 9.99. The molecule has 0 aromatic carbocycles. The Morgan fingerprint density at radius 3 is 3.13 bits per heavy atom. The van der Waals surface area contributed by atoms with E-state index in [1.54, 1.807) is 6.20 Å². The number of aromatic amines is 1. The molecule has 0 unspecified atom stereocenters. The number of nitrogens with zero attached hydrogens (tertiary/aromatic N) is 4. The van der Waals surface area contributed by atoms with Crippen LogP contribution in [0.15, 0.2) is 36.9 Å². The van der Waals surface area contributed by atoms with Crippen LogP contribution in [0.2, 0.25) is 0 Å². The van der Waals surface area contributed by atoms with Crippen molar-refractivity contribution < 1.29 is 4.79 Å². The SMILES string of the molecule is O=C(CCc1cccnc1)N1CCc2c(cnc3[nH]ncc23)C1. The van der Waals surface area contributed by atoms with Crippen molar-refractivity contribution in [2.45, 2.75) is 25.8 Å². The van der Waals surface area contributed by atoms with Crippen molar-refractivity contribution in [2.75, 3.05) is 6.54 Å². The lowest BCUT2D eigenvalue weighted by Crippen LogP contribution is -2.36. The second kappa shape index (κ2) is 5.79. The molecular formula is C17H17N5O. The van der Waals surface area contributed by atoms with Crippen molar-refractivity contribution >= 4 is 16.9 Å². The first-order valence-electron chi connectivity index (χ1n) is 7.78. The fourth-order valence-corrected chi connectivity index (χ4v) is 3.12. The Balaban J connectivity index is 1.46. The third-order valence-corrected chi connectivity index (χ3v) is 4.38. The monoisotopic (exact) mass is 307 g/mol. The predicted molar refractivity (Wildman–Crippen MR) is 85.6 cm³/mol. The van der Waals surface area contributed by atoms with Crippen LogP contribution in [0.25, 0.3) is 11.0 Å². The maximum atomic E-state index is 12.5. The Morgan fingerprint density at radius 2 is 2.26 bits per heavy atom. The van der Waals surface area contributed by atoms with Gasteiger partial charge < -0.3 is 4.90 Å². The number of fused-ring (bicyclic) bond motifs is 3. The first-order chi connectivity index (χ1) is 11.3. The van der Waals surface area contributed by atoms with Gasteiger partial charge >= 0.3 is 0 Å². The molecule has 0 bridgehead atoms. The molecule has 23 heavy (non-hydrogen) atoms. The van der Waals surface area contributed by atoms with E-state index in [1.807, 2.05) is 35.6 Å². The summed E-state index contributed by atoms with van der Waals surface area (Å²) in [6, 6.07) is 3.91. The van der Waals surface area contributed by atoms with Crippen molar-refractivity contribution in [1.82, 2.24) is 25.1 Å². The molecule has 0 radical (unpaired) electrons. The molecule has 1 amide bonds. The van der Waals surface area contributed by atoms with Gasteiger partial charge in [0.25, 0.3) is 0 Å².